The molecule has 0 saturated carbocycles. The molecule has 0 aliphatic carbocycles. The number of aromatic nitrogens is 2. The second-order valence-electron chi connectivity index (χ2n) is 11.8. The molecule has 11 heteroatoms. The van der Waals surface area contributed by atoms with Crippen molar-refractivity contribution in [2.75, 3.05) is 72.7 Å². The molecule has 1 aromatic heterocycles. The minimum absolute atomic E-state index is 0.0610. The van der Waals surface area contributed by atoms with Crippen LogP contribution in [0.5, 0.6) is 5.75 Å². The molecule has 4 aliphatic rings. The number of sulfone groups is 1. The Morgan fingerprint density at radius 2 is 1.80 bits per heavy atom. The smallest absolute Gasteiger partial charge is 0.274 e. The van der Waals surface area contributed by atoms with E-state index in [2.05, 4.69) is 16.7 Å². The summed E-state index contributed by atoms with van der Waals surface area (Å²) >= 11 is 0. The van der Waals surface area contributed by atoms with Crippen molar-refractivity contribution in [1.82, 2.24) is 24.5 Å². The number of hydrogen-bond donors (Lipinski definition) is 0. The van der Waals surface area contributed by atoms with Gasteiger partial charge in [-0.05, 0) is 69.4 Å². The minimum Gasteiger partial charge on any atom is -0.497 e. The lowest BCUT2D eigenvalue weighted by Gasteiger charge is -2.36. The number of hydrogen-bond acceptors (Lipinski definition) is 8. The highest BCUT2D eigenvalue weighted by atomic mass is 32.2. The number of methoxy groups -OCH3 is 1. The molecule has 2 aromatic rings. The Bertz CT molecular complexity index is 1340. The summed E-state index contributed by atoms with van der Waals surface area (Å²) in [6, 6.07) is 5.26. The summed E-state index contributed by atoms with van der Waals surface area (Å²) in [5.41, 5.74) is 2.16. The fourth-order valence-electron chi connectivity index (χ4n) is 6.60. The largest absolute Gasteiger partial charge is 0.497 e. The molecule has 5 heterocycles. The topological polar surface area (TPSA) is 97.2 Å². The molecular weight excluding hydrogens is 530 g/mol. The van der Waals surface area contributed by atoms with E-state index in [4.69, 9.17) is 14.6 Å². The van der Waals surface area contributed by atoms with Gasteiger partial charge in [-0.15, -0.1) is 0 Å². The van der Waals surface area contributed by atoms with E-state index in [1.807, 2.05) is 10.7 Å². The molecule has 1 atom stereocenters. The molecule has 1 aromatic carbocycles. The molecule has 3 saturated heterocycles. The zero-order valence-electron chi connectivity index (χ0n) is 23.7. The van der Waals surface area contributed by atoms with E-state index in [0.717, 1.165) is 50.6 Å². The van der Waals surface area contributed by atoms with E-state index in [9.17, 15) is 13.2 Å². The van der Waals surface area contributed by atoms with Gasteiger partial charge in [0.1, 0.15) is 5.75 Å². The Hall–Kier alpha value is -2.47. The lowest BCUT2D eigenvalue weighted by molar-refractivity contribution is 0.0297. The van der Waals surface area contributed by atoms with Crippen molar-refractivity contribution < 1.29 is 22.7 Å². The van der Waals surface area contributed by atoms with Crippen molar-refractivity contribution in [1.29, 1.82) is 0 Å². The normalized spacial score (nSPS) is 23.9. The summed E-state index contributed by atoms with van der Waals surface area (Å²) in [4.78, 5) is 20.8. The molecular formula is C29H41N5O5S. The third-order valence-corrected chi connectivity index (χ3v) is 10.7. The molecule has 1 amide bonds. The van der Waals surface area contributed by atoms with E-state index < -0.39 is 9.84 Å². The van der Waals surface area contributed by atoms with Gasteiger partial charge in [0.15, 0.2) is 15.5 Å². The van der Waals surface area contributed by atoms with Crippen molar-refractivity contribution in [2.24, 2.45) is 5.92 Å². The fourth-order valence-corrected chi connectivity index (χ4v) is 8.20. The highest BCUT2D eigenvalue weighted by molar-refractivity contribution is 7.90. The Kier molecular flexibility index (Phi) is 7.91. The number of rotatable bonds is 6. The minimum atomic E-state index is -3.67. The molecule has 6 rings (SSSR count). The highest BCUT2D eigenvalue weighted by Gasteiger charge is 2.39. The first-order valence-electron chi connectivity index (χ1n) is 14.7. The molecule has 0 N–H and O–H groups in total. The predicted molar refractivity (Wildman–Crippen MR) is 151 cm³/mol. The highest BCUT2D eigenvalue weighted by Crippen LogP contribution is 2.43. The van der Waals surface area contributed by atoms with Crippen LogP contribution in [0.25, 0.3) is 11.3 Å². The number of nitrogens with zero attached hydrogens (tertiary/aromatic N) is 5. The number of morpholine rings is 1. The number of ether oxygens (including phenoxy) is 2. The van der Waals surface area contributed by atoms with Gasteiger partial charge in [0, 0.05) is 43.9 Å². The molecule has 218 valence electrons. The molecule has 40 heavy (non-hydrogen) atoms. The van der Waals surface area contributed by atoms with Gasteiger partial charge in [0.05, 0.1) is 42.7 Å². The quantitative estimate of drug-likeness (QED) is 0.522. The monoisotopic (exact) mass is 571 g/mol. The number of carbonyl (C=O) groups is 1. The fraction of sp³-hybridized carbons (Fsp3) is 0.655. The lowest BCUT2D eigenvalue weighted by atomic mass is 9.99. The van der Waals surface area contributed by atoms with Gasteiger partial charge in [-0.25, -0.2) is 8.42 Å². The predicted octanol–water partition coefficient (Wildman–Crippen LogP) is 2.69. The van der Waals surface area contributed by atoms with Gasteiger partial charge in [0.2, 0.25) is 0 Å². The second kappa shape index (κ2) is 11.4. The number of likely N-dealkylation sites (tertiary alicyclic amines) is 2. The van der Waals surface area contributed by atoms with Crippen LogP contribution < -0.4 is 4.74 Å². The molecule has 0 radical (unpaired) electrons. The van der Waals surface area contributed by atoms with Gasteiger partial charge in [-0.3, -0.25) is 14.4 Å². The van der Waals surface area contributed by atoms with Crippen LogP contribution in [0.15, 0.2) is 23.1 Å². The zero-order chi connectivity index (χ0) is 27.9. The summed E-state index contributed by atoms with van der Waals surface area (Å²) in [6.07, 6.45) is 4.52. The summed E-state index contributed by atoms with van der Waals surface area (Å²) in [5, 5.41) is 4.94. The number of fused-ring (bicyclic) bond motifs is 3. The molecule has 0 spiro atoms. The first kappa shape index (κ1) is 27.7. The average molecular weight is 572 g/mol. The number of piperidine rings is 2. The van der Waals surface area contributed by atoms with Crippen LogP contribution in [-0.4, -0.2) is 111 Å². The van der Waals surface area contributed by atoms with Gasteiger partial charge in [0.25, 0.3) is 5.91 Å². The molecule has 0 unspecified atom stereocenters. The zero-order valence-corrected chi connectivity index (χ0v) is 24.5. The first-order chi connectivity index (χ1) is 19.3. The molecule has 10 nitrogen and oxygen atoms in total. The van der Waals surface area contributed by atoms with Gasteiger partial charge in [-0.1, -0.05) is 6.92 Å². The second-order valence-corrected chi connectivity index (χ2v) is 13.7. The van der Waals surface area contributed by atoms with Crippen LogP contribution in [0.3, 0.4) is 0 Å². The first-order valence-corrected chi connectivity index (χ1v) is 16.3. The van der Waals surface area contributed by atoms with E-state index >= 15 is 0 Å². The van der Waals surface area contributed by atoms with Crippen molar-refractivity contribution in [3.05, 3.63) is 29.5 Å². The van der Waals surface area contributed by atoms with E-state index in [-0.39, 0.29) is 28.3 Å². The van der Waals surface area contributed by atoms with E-state index in [1.54, 1.807) is 17.0 Å². The Morgan fingerprint density at radius 3 is 2.55 bits per heavy atom. The van der Waals surface area contributed by atoms with Gasteiger partial charge >= 0.3 is 0 Å². The third kappa shape index (κ3) is 5.41. The number of carbonyl (C=O) groups excluding carboxylic acids is 1. The van der Waals surface area contributed by atoms with Crippen LogP contribution in [0, 0.1) is 5.92 Å². The lowest BCUT2D eigenvalue weighted by Crippen LogP contribution is -2.43. The number of benzene rings is 1. The molecule has 4 aliphatic heterocycles. The molecule has 3 fully saturated rings. The maximum Gasteiger partial charge on any atom is 0.274 e. The van der Waals surface area contributed by atoms with Crippen molar-refractivity contribution in [2.45, 2.75) is 49.3 Å². The summed E-state index contributed by atoms with van der Waals surface area (Å²) < 4.78 is 39.8. The van der Waals surface area contributed by atoms with E-state index in [1.165, 1.54) is 33.0 Å². The maximum atomic E-state index is 13.7. The van der Waals surface area contributed by atoms with E-state index in [0.29, 0.717) is 43.2 Å². The van der Waals surface area contributed by atoms with Crippen LogP contribution in [-0.2, 0) is 20.3 Å². The van der Waals surface area contributed by atoms with Gasteiger partial charge < -0.3 is 19.3 Å². The summed E-state index contributed by atoms with van der Waals surface area (Å²) in [5.74, 6) is 0.870. The average Bonchev–Trinajstić information content (AvgIpc) is 3.35. The SMILES string of the molecule is COc1ccc2c(c1)S(=O)(=O)Cc1c(C(=O)N3CCOCC3)nn([C@H]3CCCN(CCN4CCC(C)CC4)C3)c1-2. The van der Waals surface area contributed by atoms with Crippen LogP contribution in [0.2, 0.25) is 0 Å². The van der Waals surface area contributed by atoms with Crippen LogP contribution in [0.4, 0.5) is 0 Å². The van der Waals surface area contributed by atoms with Crippen LogP contribution in [0.1, 0.15) is 54.7 Å². The standard InChI is InChI=1S/C29H41N5O5S/c1-21-7-10-31(11-8-21)12-13-32-9-3-4-22(19-32)34-28-24-6-5-23(38-2)18-26(24)40(36,37)20-25(28)27(30-34)29(35)33-14-16-39-17-15-33/h5-6,18,21-22H,3-4,7-17,19-20H2,1-2H3/t22-/m0/s1. The Morgan fingerprint density at radius 1 is 1.05 bits per heavy atom. The Balaban J connectivity index is 1.33. The van der Waals surface area contributed by atoms with Crippen molar-refractivity contribution in [3.8, 4) is 17.0 Å². The summed E-state index contributed by atoms with van der Waals surface area (Å²) in [6.45, 7) is 10.6. The Labute approximate surface area is 237 Å². The van der Waals surface area contributed by atoms with Crippen molar-refractivity contribution in [3.63, 3.8) is 0 Å². The van der Waals surface area contributed by atoms with Crippen molar-refractivity contribution >= 4 is 15.7 Å². The summed E-state index contributed by atoms with van der Waals surface area (Å²) in [7, 11) is -2.14. The third-order valence-electron chi connectivity index (χ3n) is 9.06. The van der Waals surface area contributed by atoms with Gasteiger partial charge in [-0.2, -0.15) is 5.10 Å². The molecule has 0 bridgehead atoms. The maximum absolute atomic E-state index is 13.7. The number of amides is 1. The van der Waals surface area contributed by atoms with Crippen LogP contribution >= 0.6 is 0 Å².